The lowest BCUT2D eigenvalue weighted by atomic mass is 10.2. The highest BCUT2D eigenvalue weighted by Gasteiger charge is 2.10. The van der Waals surface area contributed by atoms with Gasteiger partial charge in [0.15, 0.2) is 0 Å². The van der Waals surface area contributed by atoms with E-state index in [4.69, 9.17) is 15.2 Å². The second-order valence-corrected chi connectivity index (χ2v) is 4.04. The van der Waals surface area contributed by atoms with Crippen LogP contribution in [0.15, 0.2) is 36.7 Å². The minimum absolute atomic E-state index is 0.0600. The van der Waals surface area contributed by atoms with Crippen LogP contribution in [0.4, 0.5) is 10.1 Å². The first-order valence-corrected chi connectivity index (χ1v) is 5.80. The van der Waals surface area contributed by atoms with Crippen LogP contribution in [0.3, 0.4) is 0 Å². The Morgan fingerprint density at radius 2 is 2.15 bits per heavy atom. The molecule has 0 saturated heterocycles. The van der Waals surface area contributed by atoms with Gasteiger partial charge in [0.1, 0.15) is 18.2 Å². The molecule has 0 radical (unpaired) electrons. The molecule has 1 aromatic heterocycles. The van der Waals surface area contributed by atoms with Gasteiger partial charge in [0, 0.05) is 11.8 Å². The number of ether oxygens (including phenoxy) is 2. The summed E-state index contributed by atoms with van der Waals surface area (Å²) in [5.41, 5.74) is 6.82. The lowest BCUT2D eigenvalue weighted by molar-refractivity contribution is 0.0472. The summed E-state index contributed by atoms with van der Waals surface area (Å²) in [5.74, 6) is -0.549. The zero-order valence-electron chi connectivity index (χ0n) is 10.8. The fourth-order valence-electron chi connectivity index (χ4n) is 1.63. The molecule has 1 aromatic carbocycles. The summed E-state index contributed by atoms with van der Waals surface area (Å²) in [5, 5.41) is 0. The molecule has 0 unspecified atom stereocenters. The van der Waals surface area contributed by atoms with Crippen LogP contribution < -0.4 is 10.5 Å². The highest BCUT2D eigenvalue weighted by atomic mass is 19.1. The van der Waals surface area contributed by atoms with Gasteiger partial charge in [-0.3, -0.25) is 4.98 Å². The van der Waals surface area contributed by atoms with Crippen molar-refractivity contribution in [1.82, 2.24) is 4.98 Å². The molecule has 6 heteroatoms. The molecule has 0 amide bonds. The van der Waals surface area contributed by atoms with E-state index in [-0.39, 0.29) is 6.61 Å². The largest absolute Gasteiger partial charge is 0.495 e. The van der Waals surface area contributed by atoms with Crippen molar-refractivity contribution in [2.24, 2.45) is 0 Å². The summed E-state index contributed by atoms with van der Waals surface area (Å²) < 4.78 is 23.0. The molecule has 5 nitrogen and oxygen atoms in total. The minimum atomic E-state index is -0.552. The Balaban J connectivity index is 2.03. The van der Waals surface area contributed by atoms with Gasteiger partial charge in [0.05, 0.1) is 24.6 Å². The van der Waals surface area contributed by atoms with Crippen molar-refractivity contribution in [3.63, 3.8) is 0 Å². The van der Waals surface area contributed by atoms with Gasteiger partial charge in [0.25, 0.3) is 0 Å². The molecule has 2 N–H and O–H groups in total. The van der Waals surface area contributed by atoms with Crippen molar-refractivity contribution in [2.75, 3.05) is 12.8 Å². The summed E-state index contributed by atoms with van der Waals surface area (Å²) in [4.78, 5) is 15.5. The van der Waals surface area contributed by atoms with Gasteiger partial charge < -0.3 is 15.2 Å². The minimum Gasteiger partial charge on any atom is -0.495 e. The highest BCUT2D eigenvalue weighted by Crippen LogP contribution is 2.22. The maximum Gasteiger partial charge on any atom is 0.338 e. The van der Waals surface area contributed by atoms with Gasteiger partial charge in [-0.1, -0.05) is 0 Å². The van der Waals surface area contributed by atoms with Gasteiger partial charge in [-0.15, -0.1) is 0 Å². The number of anilines is 1. The number of pyridine rings is 1. The Hall–Kier alpha value is -2.63. The van der Waals surface area contributed by atoms with Gasteiger partial charge in [-0.05, 0) is 24.3 Å². The predicted molar refractivity (Wildman–Crippen MR) is 70.7 cm³/mol. The molecule has 2 rings (SSSR count). The second-order valence-electron chi connectivity index (χ2n) is 4.04. The number of carbonyl (C=O) groups excluding carboxylic acids is 1. The number of nitrogens with zero attached hydrogens (tertiary/aromatic N) is 1. The molecule has 0 aliphatic carbocycles. The number of hydrogen-bond acceptors (Lipinski definition) is 5. The third kappa shape index (κ3) is 3.23. The zero-order valence-corrected chi connectivity index (χ0v) is 10.8. The number of nitrogens with two attached hydrogens (primary N) is 1. The van der Waals surface area contributed by atoms with Crippen LogP contribution in [0.25, 0.3) is 0 Å². The molecule has 0 aliphatic heterocycles. The topological polar surface area (TPSA) is 74.4 Å². The van der Waals surface area contributed by atoms with E-state index in [1.54, 1.807) is 12.1 Å². The third-order valence-electron chi connectivity index (χ3n) is 2.60. The Kier molecular flexibility index (Phi) is 4.14. The van der Waals surface area contributed by atoms with Gasteiger partial charge in [0.2, 0.25) is 0 Å². The monoisotopic (exact) mass is 276 g/mol. The summed E-state index contributed by atoms with van der Waals surface area (Å²) in [6.07, 6.45) is 2.51. The molecule has 1 heterocycles. The Bertz CT molecular complexity index is 632. The van der Waals surface area contributed by atoms with Crippen molar-refractivity contribution < 1.29 is 18.7 Å². The Morgan fingerprint density at radius 3 is 2.80 bits per heavy atom. The smallest absolute Gasteiger partial charge is 0.338 e. The molecule has 0 fully saturated rings. The quantitative estimate of drug-likeness (QED) is 0.684. The zero-order chi connectivity index (χ0) is 14.5. The van der Waals surface area contributed by atoms with E-state index in [0.29, 0.717) is 22.6 Å². The van der Waals surface area contributed by atoms with Crippen LogP contribution in [0.2, 0.25) is 0 Å². The van der Waals surface area contributed by atoms with Crippen LogP contribution in [0.5, 0.6) is 5.75 Å². The molecule has 0 spiro atoms. The molecular formula is C14H13FN2O3. The van der Waals surface area contributed by atoms with E-state index in [9.17, 15) is 9.18 Å². The maximum absolute atomic E-state index is 12.9. The molecular weight excluding hydrogens is 263 g/mol. The summed E-state index contributed by atoms with van der Waals surface area (Å²) >= 11 is 0. The van der Waals surface area contributed by atoms with Crippen LogP contribution in [0.1, 0.15) is 15.9 Å². The number of methoxy groups -OCH3 is 1. The van der Waals surface area contributed by atoms with Crippen LogP contribution in [-0.4, -0.2) is 18.1 Å². The van der Waals surface area contributed by atoms with E-state index < -0.39 is 11.8 Å². The highest BCUT2D eigenvalue weighted by molar-refractivity contribution is 5.91. The third-order valence-corrected chi connectivity index (χ3v) is 2.60. The number of nitrogen functional groups attached to an aromatic ring is 1. The first-order chi connectivity index (χ1) is 9.60. The van der Waals surface area contributed by atoms with Crippen LogP contribution in [-0.2, 0) is 11.3 Å². The normalized spacial score (nSPS) is 10.1. The van der Waals surface area contributed by atoms with E-state index in [1.165, 1.54) is 25.4 Å². The van der Waals surface area contributed by atoms with Crippen molar-refractivity contribution in [1.29, 1.82) is 0 Å². The standard InChI is InChI=1S/C14H13FN2O3/c1-19-13-3-2-10(5-12(13)16)14(18)20-8-9-4-11(15)7-17-6-9/h2-7H,8,16H2,1H3. The lowest BCUT2D eigenvalue weighted by Gasteiger charge is -2.08. The van der Waals surface area contributed by atoms with Gasteiger partial charge >= 0.3 is 5.97 Å². The fourth-order valence-corrected chi connectivity index (χ4v) is 1.63. The molecule has 0 saturated carbocycles. The first-order valence-electron chi connectivity index (χ1n) is 5.80. The molecule has 0 aliphatic rings. The summed E-state index contributed by atoms with van der Waals surface area (Å²) in [6, 6.07) is 5.84. The fraction of sp³-hybridized carbons (Fsp3) is 0.143. The van der Waals surface area contributed by atoms with Crippen molar-refractivity contribution in [3.8, 4) is 5.75 Å². The number of esters is 1. The van der Waals surface area contributed by atoms with Crippen molar-refractivity contribution in [3.05, 3.63) is 53.6 Å². The van der Waals surface area contributed by atoms with Gasteiger partial charge in [-0.25, -0.2) is 9.18 Å². The summed E-state index contributed by atoms with van der Waals surface area (Å²) in [6.45, 7) is -0.0600. The maximum atomic E-state index is 12.9. The predicted octanol–water partition coefficient (Wildman–Crippen LogP) is 2.17. The molecule has 20 heavy (non-hydrogen) atoms. The number of carbonyl (C=O) groups is 1. The summed E-state index contributed by atoms with van der Waals surface area (Å²) in [7, 11) is 1.49. The lowest BCUT2D eigenvalue weighted by Crippen LogP contribution is -2.06. The average molecular weight is 276 g/mol. The van der Waals surface area contributed by atoms with Crippen LogP contribution >= 0.6 is 0 Å². The average Bonchev–Trinajstić information content (AvgIpc) is 2.44. The number of halogens is 1. The van der Waals surface area contributed by atoms with E-state index in [2.05, 4.69) is 4.98 Å². The van der Waals surface area contributed by atoms with Crippen molar-refractivity contribution in [2.45, 2.75) is 6.61 Å². The van der Waals surface area contributed by atoms with E-state index in [1.807, 2.05) is 0 Å². The van der Waals surface area contributed by atoms with E-state index >= 15 is 0 Å². The van der Waals surface area contributed by atoms with Gasteiger partial charge in [-0.2, -0.15) is 0 Å². The number of benzene rings is 1. The molecule has 0 atom stereocenters. The van der Waals surface area contributed by atoms with Crippen LogP contribution in [0, 0.1) is 5.82 Å². The molecule has 0 bridgehead atoms. The number of aromatic nitrogens is 1. The Labute approximate surface area is 115 Å². The number of rotatable bonds is 4. The first kappa shape index (κ1) is 13.8. The second kappa shape index (κ2) is 6.01. The molecule has 104 valence electrons. The van der Waals surface area contributed by atoms with Crippen molar-refractivity contribution >= 4 is 11.7 Å². The Morgan fingerprint density at radius 1 is 1.35 bits per heavy atom. The van der Waals surface area contributed by atoms with E-state index in [0.717, 1.165) is 6.20 Å². The molecule has 2 aromatic rings. The SMILES string of the molecule is COc1ccc(C(=O)OCc2cncc(F)c2)cc1N. The number of hydrogen-bond donors (Lipinski definition) is 1.